The smallest absolute Gasteiger partial charge is 0.267 e. The van der Waals surface area contributed by atoms with Crippen LogP contribution in [0.2, 0.25) is 5.02 Å². The third-order valence-electron chi connectivity index (χ3n) is 5.07. The lowest BCUT2D eigenvalue weighted by Crippen LogP contribution is -2.35. The number of hydrogen-bond acceptors (Lipinski definition) is 4. The molecule has 0 aliphatic carbocycles. The van der Waals surface area contributed by atoms with Crippen LogP contribution in [0.1, 0.15) is 21.5 Å². The van der Waals surface area contributed by atoms with Crippen molar-refractivity contribution in [3.63, 3.8) is 0 Å². The first-order chi connectivity index (χ1) is 14.9. The number of aryl methyl sites for hydroxylation is 1. The van der Waals surface area contributed by atoms with Gasteiger partial charge in [-0.1, -0.05) is 41.9 Å². The summed E-state index contributed by atoms with van der Waals surface area (Å²) in [7, 11) is 0. The highest BCUT2D eigenvalue weighted by atomic mass is 35.5. The summed E-state index contributed by atoms with van der Waals surface area (Å²) in [4.78, 5) is 30.7. The summed E-state index contributed by atoms with van der Waals surface area (Å²) in [5.74, 6) is -0.464. The third kappa shape index (κ3) is 3.64. The van der Waals surface area contributed by atoms with Crippen LogP contribution in [0.4, 0.5) is 0 Å². The fourth-order valence-corrected chi connectivity index (χ4v) is 3.68. The number of amides is 1. The van der Waals surface area contributed by atoms with E-state index in [1.54, 1.807) is 29.0 Å². The van der Waals surface area contributed by atoms with Crippen LogP contribution in [-0.2, 0) is 6.54 Å². The van der Waals surface area contributed by atoms with Crippen molar-refractivity contribution in [2.75, 3.05) is 6.54 Å². The first-order valence-corrected chi connectivity index (χ1v) is 10.0. The molecule has 3 aromatic heterocycles. The minimum Gasteiger partial charge on any atom is -0.348 e. The highest BCUT2D eigenvalue weighted by Crippen LogP contribution is 2.18. The molecular weight excluding hydrogens is 414 g/mol. The van der Waals surface area contributed by atoms with Gasteiger partial charge in [0.25, 0.3) is 11.5 Å². The van der Waals surface area contributed by atoms with Crippen molar-refractivity contribution in [2.24, 2.45) is 0 Å². The zero-order valence-electron chi connectivity index (χ0n) is 16.9. The van der Waals surface area contributed by atoms with Crippen LogP contribution in [0.3, 0.4) is 0 Å². The van der Waals surface area contributed by atoms with Crippen LogP contribution in [-0.4, -0.2) is 26.4 Å². The van der Waals surface area contributed by atoms with Gasteiger partial charge in [0.15, 0.2) is 0 Å². The summed E-state index contributed by atoms with van der Waals surface area (Å²) in [6.45, 7) is 5.89. The first kappa shape index (κ1) is 20.6. The number of benzene rings is 1. The van der Waals surface area contributed by atoms with E-state index < -0.39 is 5.91 Å². The van der Waals surface area contributed by atoms with E-state index in [0.29, 0.717) is 16.3 Å². The van der Waals surface area contributed by atoms with Gasteiger partial charge in [0.2, 0.25) is 0 Å². The lowest BCUT2D eigenvalue weighted by Gasteiger charge is -2.16. The van der Waals surface area contributed by atoms with Crippen molar-refractivity contribution < 1.29 is 4.79 Å². The van der Waals surface area contributed by atoms with Crippen LogP contribution in [0.15, 0.2) is 66.1 Å². The first-order valence-electron chi connectivity index (χ1n) is 9.65. The number of fused-ring (bicyclic) bond motifs is 2. The molecule has 0 saturated carbocycles. The van der Waals surface area contributed by atoms with Gasteiger partial charge in [0.1, 0.15) is 16.8 Å². The van der Waals surface area contributed by atoms with E-state index in [1.165, 1.54) is 10.5 Å². The minimum absolute atomic E-state index is 0.0567. The standard InChI is InChI=1S/C23H20ClN5O2/c1-3-10-26-22(30)16-12-17-21(27-20-14(2)7-6-11-28(20)23(17)31)29(19(16)25)13-15-8-4-5-9-18(15)24/h3-9,11-12,25H,1,10,13H2,2H3,(H,26,30). The molecule has 1 aromatic carbocycles. The Hall–Kier alpha value is -3.71. The van der Waals surface area contributed by atoms with Gasteiger partial charge >= 0.3 is 0 Å². The Labute approximate surface area is 182 Å². The maximum Gasteiger partial charge on any atom is 0.267 e. The molecule has 4 aromatic rings. The van der Waals surface area contributed by atoms with Gasteiger partial charge in [-0.05, 0) is 36.2 Å². The quantitative estimate of drug-likeness (QED) is 0.374. The molecule has 0 radical (unpaired) electrons. The average Bonchev–Trinajstić information content (AvgIpc) is 2.76. The van der Waals surface area contributed by atoms with Crippen molar-refractivity contribution in [3.8, 4) is 0 Å². The summed E-state index contributed by atoms with van der Waals surface area (Å²) in [5, 5.41) is 12.2. The molecule has 2 N–H and O–H groups in total. The largest absolute Gasteiger partial charge is 0.348 e. The zero-order valence-corrected chi connectivity index (χ0v) is 17.6. The average molecular weight is 434 g/mol. The minimum atomic E-state index is -0.464. The molecule has 0 atom stereocenters. The molecule has 0 bridgehead atoms. The molecule has 8 heteroatoms. The molecule has 3 heterocycles. The molecule has 0 unspecified atom stereocenters. The fraction of sp³-hybridized carbons (Fsp3) is 0.130. The lowest BCUT2D eigenvalue weighted by atomic mass is 10.1. The number of rotatable bonds is 5. The Morgan fingerprint density at radius 2 is 2.03 bits per heavy atom. The van der Waals surface area contributed by atoms with E-state index in [2.05, 4.69) is 11.9 Å². The number of pyridine rings is 2. The molecule has 1 amide bonds. The van der Waals surface area contributed by atoms with Gasteiger partial charge in [-0.2, -0.15) is 0 Å². The number of halogens is 1. The molecule has 0 aliphatic rings. The second-order valence-corrected chi connectivity index (χ2v) is 7.53. The van der Waals surface area contributed by atoms with E-state index in [4.69, 9.17) is 22.0 Å². The normalized spacial score (nSPS) is 11.0. The Balaban J connectivity index is 2.08. The number of carbonyl (C=O) groups excluding carboxylic acids is 1. The second-order valence-electron chi connectivity index (χ2n) is 7.12. The van der Waals surface area contributed by atoms with E-state index >= 15 is 0 Å². The molecule has 31 heavy (non-hydrogen) atoms. The Kier molecular flexibility index (Phi) is 5.44. The maximum absolute atomic E-state index is 13.3. The van der Waals surface area contributed by atoms with E-state index in [0.717, 1.165) is 11.1 Å². The van der Waals surface area contributed by atoms with Crippen LogP contribution in [0.25, 0.3) is 16.7 Å². The van der Waals surface area contributed by atoms with Crippen LogP contribution in [0, 0.1) is 12.3 Å². The Morgan fingerprint density at radius 3 is 2.77 bits per heavy atom. The number of aromatic nitrogens is 3. The molecule has 7 nitrogen and oxygen atoms in total. The molecule has 0 saturated heterocycles. The fourth-order valence-electron chi connectivity index (χ4n) is 3.48. The van der Waals surface area contributed by atoms with Crippen molar-refractivity contribution in [1.29, 1.82) is 5.41 Å². The topological polar surface area (TPSA) is 92.2 Å². The van der Waals surface area contributed by atoms with Crippen molar-refractivity contribution in [1.82, 2.24) is 19.3 Å². The number of carbonyl (C=O) groups is 1. The Bertz CT molecular complexity index is 1470. The summed E-state index contributed by atoms with van der Waals surface area (Å²) in [5.41, 5.74) is 2.10. The van der Waals surface area contributed by atoms with Gasteiger partial charge in [-0.3, -0.25) is 19.4 Å². The predicted molar refractivity (Wildman–Crippen MR) is 121 cm³/mol. The summed E-state index contributed by atoms with van der Waals surface area (Å²) in [6.07, 6.45) is 3.19. The number of nitrogens with zero attached hydrogens (tertiary/aromatic N) is 3. The molecular formula is C23H20ClN5O2. The number of hydrogen-bond donors (Lipinski definition) is 2. The SMILES string of the molecule is C=CCNC(=O)c1cc2c(=O)n3cccc(C)c3nc2n(Cc2ccccc2Cl)c1=N. The van der Waals surface area contributed by atoms with E-state index in [-0.39, 0.29) is 35.1 Å². The van der Waals surface area contributed by atoms with Crippen LogP contribution >= 0.6 is 11.6 Å². The van der Waals surface area contributed by atoms with Crippen molar-refractivity contribution in [3.05, 3.63) is 98.9 Å². The summed E-state index contributed by atoms with van der Waals surface area (Å²) < 4.78 is 3.00. The molecule has 0 fully saturated rings. The van der Waals surface area contributed by atoms with Gasteiger partial charge in [-0.15, -0.1) is 6.58 Å². The van der Waals surface area contributed by atoms with Gasteiger partial charge < -0.3 is 9.88 Å². The maximum atomic E-state index is 13.3. The Morgan fingerprint density at radius 1 is 1.26 bits per heavy atom. The third-order valence-corrected chi connectivity index (χ3v) is 5.44. The van der Waals surface area contributed by atoms with E-state index in [1.807, 2.05) is 31.2 Å². The lowest BCUT2D eigenvalue weighted by molar-refractivity contribution is 0.0955. The molecule has 4 rings (SSSR count). The van der Waals surface area contributed by atoms with Crippen molar-refractivity contribution in [2.45, 2.75) is 13.5 Å². The zero-order chi connectivity index (χ0) is 22.1. The predicted octanol–water partition coefficient (Wildman–Crippen LogP) is 3.05. The molecule has 0 spiro atoms. The van der Waals surface area contributed by atoms with Gasteiger partial charge in [-0.25, -0.2) is 4.98 Å². The summed E-state index contributed by atoms with van der Waals surface area (Å²) in [6, 6.07) is 12.3. The summed E-state index contributed by atoms with van der Waals surface area (Å²) >= 11 is 6.35. The number of nitrogens with one attached hydrogen (secondary N) is 2. The highest BCUT2D eigenvalue weighted by molar-refractivity contribution is 6.31. The second kappa shape index (κ2) is 8.20. The molecule has 0 aliphatic heterocycles. The highest BCUT2D eigenvalue weighted by Gasteiger charge is 2.18. The molecule has 156 valence electrons. The van der Waals surface area contributed by atoms with Crippen molar-refractivity contribution >= 4 is 34.2 Å². The monoisotopic (exact) mass is 433 g/mol. The van der Waals surface area contributed by atoms with Gasteiger partial charge in [0, 0.05) is 17.8 Å². The van der Waals surface area contributed by atoms with Crippen LogP contribution < -0.4 is 16.4 Å². The van der Waals surface area contributed by atoms with E-state index in [9.17, 15) is 9.59 Å². The van der Waals surface area contributed by atoms with Gasteiger partial charge in [0.05, 0.1) is 17.5 Å². The van der Waals surface area contributed by atoms with Crippen LogP contribution in [0.5, 0.6) is 0 Å².